The highest BCUT2D eigenvalue weighted by Crippen LogP contribution is 2.38. The summed E-state index contributed by atoms with van der Waals surface area (Å²) in [4.78, 5) is 13.6. The molecule has 2 bridgehead atoms. The third kappa shape index (κ3) is 5.19. The molecule has 3 aliphatic rings. The van der Waals surface area contributed by atoms with Gasteiger partial charge in [-0.25, -0.2) is 9.18 Å². The number of ether oxygens (including phenoxy) is 2. The summed E-state index contributed by atoms with van der Waals surface area (Å²) in [7, 11) is 0. The van der Waals surface area contributed by atoms with Crippen molar-refractivity contribution in [3.05, 3.63) is 102 Å². The van der Waals surface area contributed by atoms with E-state index in [9.17, 15) is 14.3 Å². The molecule has 3 aliphatic heterocycles. The highest BCUT2D eigenvalue weighted by Gasteiger charge is 2.50. The predicted octanol–water partition coefficient (Wildman–Crippen LogP) is 1.30. The second-order valence-electron chi connectivity index (χ2n) is 9.70. The first kappa shape index (κ1) is 26.3. The standard InChI is InChI=1S/C29H31FNO4.BrH/c30-25-13-7-8-14-26(25)34-20-19-31-17-15-22(16-18-31)27(21-31)35-28(32)29(33,23-9-3-1-4-10-23)24-11-5-2-6-12-24;/h1-14,22,27,33H,15-21H2;1H/q+1;/p-1. The lowest BCUT2D eigenvalue weighted by Gasteiger charge is -2.52. The minimum Gasteiger partial charge on any atom is -1.00 e. The van der Waals surface area contributed by atoms with Crippen LogP contribution in [0.1, 0.15) is 24.0 Å². The van der Waals surface area contributed by atoms with Gasteiger partial charge in [0, 0.05) is 18.8 Å². The SMILES string of the molecule is O=C(OC1C[N+]2(CCOc3ccccc3F)CCC1CC2)C(O)(c1ccccc1)c1ccccc1.[Br-]. The number of piperidine rings is 3. The van der Waals surface area contributed by atoms with E-state index in [0.29, 0.717) is 24.3 Å². The summed E-state index contributed by atoms with van der Waals surface area (Å²) >= 11 is 0. The number of aliphatic hydroxyl groups is 1. The number of halogens is 2. The van der Waals surface area contributed by atoms with Gasteiger partial charge in [0.05, 0.1) is 13.1 Å². The van der Waals surface area contributed by atoms with Crippen molar-refractivity contribution in [2.24, 2.45) is 5.92 Å². The van der Waals surface area contributed by atoms with Crippen LogP contribution in [0.15, 0.2) is 84.9 Å². The fraction of sp³-hybridized carbons (Fsp3) is 0.345. The molecule has 190 valence electrons. The molecule has 3 aromatic rings. The molecule has 0 aromatic heterocycles. The first-order valence-electron chi connectivity index (χ1n) is 12.3. The van der Waals surface area contributed by atoms with Crippen LogP contribution in [-0.4, -0.2) is 54.4 Å². The van der Waals surface area contributed by atoms with Crippen LogP contribution in [0.5, 0.6) is 5.75 Å². The van der Waals surface area contributed by atoms with E-state index in [1.54, 1.807) is 66.7 Å². The molecule has 6 rings (SSSR count). The van der Waals surface area contributed by atoms with Gasteiger partial charge in [0.1, 0.15) is 19.7 Å². The summed E-state index contributed by atoms with van der Waals surface area (Å²) in [6.45, 7) is 3.76. The Hall–Kier alpha value is -2.74. The summed E-state index contributed by atoms with van der Waals surface area (Å²) in [5.74, 6) is -0.467. The van der Waals surface area contributed by atoms with Gasteiger partial charge in [0.2, 0.25) is 5.60 Å². The van der Waals surface area contributed by atoms with Gasteiger partial charge < -0.3 is 36.0 Å². The fourth-order valence-electron chi connectivity index (χ4n) is 5.56. The van der Waals surface area contributed by atoms with Gasteiger partial charge in [-0.1, -0.05) is 72.8 Å². The zero-order valence-electron chi connectivity index (χ0n) is 20.1. The summed E-state index contributed by atoms with van der Waals surface area (Å²) in [6.07, 6.45) is 1.62. The smallest absolute Gasteiger partial charge is 0.348 e. The van der Waals surface area contributed by atoms with Gasteiger partial charge >= 0.3 is 5.97 Å². The largest absolute Gasteiger partial charge is 1.00 e. The molecule has 36 heavy (non-hydrogen) atoms. The van der Waals surface area contributed by atoms with Crippen molar-refractivity contribution in [1.82, 2.24) is 0 Å². The van der Waals surface area contributed by atoms with Crippen LogP contribution in [0.3, 0.4) is 0 Å². The van der Waals surface area contributed by atoms with E-state index in [-0.39, 0.29) is 40.6 Å². The highest BCUT2D eigenvalue weighted by atomic mass is 79.9. The van der Waals surface area contributed by atoms with Crippen molar-refractivity contribution >= 4 is 5.97 Å². The lowest BCUT2D eigenvalue weighted by molar-refractivity contribution is -0.946. The number of carbonyl (C=O) groups is 1. The maximum absolute atomic E-state index is 13.9. The fourth-order valence-corrected chi connectivity index (χ4v) is 5.56. The monoisotopic (exact) mass is 555 g/mol. The van der Waals surface area contributed by atoms with Crippen molar-refractivity contribution in [3.8, 4) is 5.75 Å². The Morgan fingerprint density at radius 1 is 0.917 bits per heavy atom. The molecular weight excluding hydrogens is 525 g/mol. The van der Waals surface area contributed by atoms with Crippen molar-refractivity contribution < 1.29 is 45.2 Å². The second kappa shape index (κ2) is 11.1. The zero-order valence-corrected chi connectivity index (χ0v) is 21.6. The Morgan fingerprint density at radius 2 is 1.47 bits per heavy atom. The van der Waals surface area contributed by atoms with Crippen LogP contribution in [0, 0.1) is 11.7 Å². The average Bonchev–Trinajstić information content (AvgIpc) is 2.91. The van der Waals surface area contributed by atoms with Crippen LogP contribution in [-0.2, 0) is 15.1 Å². The molecule has 3 fully saturated rings. The molecule has 0 amide bonds. The Balaban J connectivity index is 0.00000304. The van der Waals surface area contributed by atoms with Gasteiger partial charge in [0.25, 0.3) is 0 Å². The number of rotatable bonds is 8. The van der Waals surface area contributed by atoms with Crippen molar-refractivity contribution in [2.45, 2.75) is 24.5 Å². The van der Waals surface area contributed by atoms with Crippen LogP contribution >= 0.6 is 0 Å². The summed E-state index contributed by atoms with van der Waals surface area (Å²) < 4.78 is 26.5. The Labute approximate surface area is 221 Å². The molecule has 0 saturated carbocycles. The minimum absolute atomic E-state index is 0. The van der Waals surface area contributed by atoms with Crippen molar-refractivity contribution in [1.29, 1.82) is 0 Å². The van der Waals surface area contributed by atoms with E-state index in [1.165, 1.54) is 6.07 Å². The minimum atomic E-state index is -1.88. The molecule has 7 heteroatoms. The maximum Gasteiger partial charge on any atom is 0.348 e. The number of hydrogen-bond acceptors (Lipinski definition) is 4. The maximum atomic E-state index is 13.9. The molecule has 0 radical (unpaired) electrons. The molecule has 1 unspecified atom stereocenters. The van der Waals surface area contributed by atoms with Crippen molar-refractivity contribution in [2.75, 3.05) is 32.8 Å². The van der Waals surface area contributed by atoms with Gasteiger partial charge in [-0.3, -0.25) is 0 Å². The summed E-state index contributed by atoms with van der Waals surface area (Å²) in [5.41, 5.74) is -0.910. The van der Waals surface area contributed by atoms with Crippen LogP contribution < -0.4 is 21.7 Å². The summed E-state index contributed by atoms with van der Waals surface area (Å²) in [6, 6.07) is 24.4. The Morgan fingerprint density at radius 3 is 2.06 bits per heavy atom. The van der Waals surface area contributed by atoms with E-state index in [0.717, 1.165) is 37.0 Å². The van der Waals surface area contributed by atoms with Gasteiger partial charge in [-0.2, -0.15) is 0 Å². The van der Waals surface area contributed by atoms with Gasteiger partial charge in [-0.15, -0.1) is 0 Å². The number of fused-ring (bicyclic) bond motifs is 3. The lowest BCUT2D eigenvalue weighted by Crippen LogP contribution is -3.00. The quantitative estimate of drug-likeness (QED) is 0.336. The van der Waals surface area contributed by atoms with E-state index in [4.69, 9.17) is 9.47 Å². The zero-order chi connectivity index (χ0) is 24.3. The third-order valence-electron chi connectivity index (χ3n) is 7.64. The molecule has 0 aliphatic carbocycles. The van der Waals surface area contributed by atoms with Crippen LogP contribution in [0.2, 0.25) is 0 Å². The molecule has 3 aromatic carbocycles. The molecular formula is C29H31BrFNO4. The molecule has 1 atom stereocenters. The predicted molar refractivity (Wildman–Crippen MR) is 130 cm³/mol. The third-order valence-corrected chi connectivity index (χ3v) is 7.64. The number of esters is 1. The van der Waals surface area contributed by atoms with Crippen molar-refractivity contribution in [3.63, 3.8) is 0 Å². The number of para-hydroxylation sites is 1. The number of hydrogen-bond donors (Lipinski definition) is 1. The first-order valence-corrected chi connectivity index (χ1v) is 12.3. The van der Waals surface area contributed by atoms with Gasteiger partial charge in [0.15, 0.2) is 17.7 Å². The lowest BCUT2D eigenvalue weighted by atomic mass is 9.82. The average molecular weight is 556 g/mol. The molecule has 5 nitrogen and oxygen atoms in total. The van der Waals surface area contributed by atoms with E-state index >= 15 is 0 Å². The highest BCUT2D eigenvalue weighted by molar-refractivity contribution is 5.85. The number of carbonyl (C=O) groups excluding carboxylic acids is 1. The molecule has 1 N–H and O–H groups in total. The molecule has 0 spiro atoms. The summed E-state index contributed by atoms with van der Waals surface area (Å²) in [5, 5.41) is 11.7. The Kier molecular flexibility index (Phi) is 8.13. The Bertz CT molecular complexity index is 1110. The molecule has 3 saturated heterocycles. The second-order valence-corrected chi connectivity index (χ2v) is 9.70. The molecule has 3 heterocycles. The van der Waals surface area contributed by atoms with E-state index in [2.05, 4.69) is 0 Å². The van der Waals surface area contributed by atoms with E-state index in [1.807, 2.05) is 12.1 Å². The van der Waals surface area contributed by atoms with E-state index < -0.39 is 11.6 Å². The number of nitrogens with zero attached hydrogens (tertiary/aromatic N) is 1. The number of quaternary nitrogens is 1. The first-order chi connectivity index (χ1) is 17.0. The van der Waals surface area contributed by atoms with Gasteiger partial charge in [-0.05, 0) is 23.3 Å². The van der Waals surface area contributed by atoms with Crippen LogP contribution in [0.4, 0.5) is 4.39 Å². The number of benzene rings is 3. The normalized spacial score (nSPS) is 22.9. The van der Waals surface area contributed by atoms with Crippen LogP contribution in [0.25, 0.3) is 0 Å². The topological polar surface area (TPSA) is 55.8 Å².